The second-order valence-electron chi connectivity index (χ2n) is 7.47. The summed E-state index contributed by atoms with van der Waals surface area (Å²) < 4.78 is 5.41. The number of rotatable bonds is 6. The van der Waals surface area contributed by atoms with Gasteiger partial charge in [-0.1, -0.05) is 13.8 Å². The number of carbonyl (C=O) groups is 2. The van der Waals surface area contributed by atoms with Crippen LogP contribution in [0.3, 0.4) is 0 Å². The molecule has 5 heteroatoms. The van der Waals surface area contributed by atoms with Crippen molar-refractivity contribution in [3.05, 3.63) is 28.8 Å². The van der Waals surface area contributed by atoms with E-state index in [1.807, 2.05) is 26.0 Å². The molecule has 1 saturated heterocycles. The van der Waals surface area contributed by atoms with Crippen molar-refractivity contribution in [3.8, 4) is 5.75 Å². The molecule has 1 aromatic carbocycles. The van der Waals surface area contributed by atoms with Gasteiger partial charge in [0.15, 0.2) is 5.78 Å². The van der Waals surface area contributed by atoms with E-state index in [0.29, 0.717) is 18.1 Å². The molecule has 0 amide bonds. The summed E-state index contributed by atoms with van der Waals surface area (Å²) in [6, 6.07) is 3.72. The summed E-state index contributed by atoms with van der Waals surface area (Å²) in [5.41, 5.74) is 2.88. The highest BCUT2D eigenvalue weighted by Gasteiger charge is 2.44. The Bertz CT molecular complexity index is 654. The summed E-state index contributed by atoms with van der Waals surface area (Å²) in [6.45, 7) is 5.59. The fourth-order valence-electron chi connectivity index (χ4n) is 4.51. The summed E-state index contributed by atoms with van der Waals surface area (Å²) in [5.74, 6) is 5.83. The Labute approximate surface area is 155 Å². The predicted molar refractivity (Wildman–Crippen MR) is 99.0 cm³/mol. The topological polar surface area (TPSA) is 78.6 Å². The van der Waals surface area contributed by atoms with E-state index >= 15 is 0 Å². The van der Waals surface area contributed by atoms with Crippen LogP contribution in [0.5, 0.6) is 5.75 Å². The maximum atomic E-state index is 13.2. The first kappa shape index (κ1) is 19.1. The van der Waals surface area contributed by atoms with Gasteiger partial charge in [-0.15, -0.1) is 0 Å². The van der Waals surface area contributed by atoms with Crippen molar-refractivity contribution in [1.29, 1.82) is 0 Å². The molecule has 1 heterocycles. The SMILES string of the molecule is CCc1cc(ON)cc(CC)c1C1C(=O)CC(CC2CCOCC2)C1=O. The van der Waals surface area contributed by atoms with E-state index in [9.17, 15) is 9.59 Å². The van der Waals surface area contributed by atoms with E-state index in [2.05, 4.69) is 0 Å². The highest BCUT2D eigenvalue weighted by molar-refractivity contribution is 6.15. The molecule has 1 saturated carbocycles. The summed E-state index contributed by atoms with van der Waals surface area (Å²) >= 11 is 0. The smallest absolute Gasteiger partial charge is 0.151 e. The first-order valence-corrected chi connectivity index (χ1v) is 9.75. The van der Waals surface area contributed by atoms with Gasteiger partial charge in [0.2, 0.25) is 0 Å². The molecule has 0 aromatic heterocycles. The Morgan fingerprint density at radius 2 is 1.73 bits per heavy atom. The molecule has 26 heavy (non-hydrogen) atoms. The minimum absolute atomic E-state index is 0.0675. The van der Waals surface area contributed by atoms with Crippen molar-refractivity contribution >= 4 is 11.6 Å². The van der Waals surface area contributed by atoms with Crippen molar-refractivity contribution in [2.24, 2.45) is 17.7 Å². The third kappa shape index (κ3) is 3.69. The molecule has 2 N–H and O–H groups in total. The molecule has 3 rings (SSSR count). The van der Waals surface area contributed by atoms with Crippen LogP contribution in [0, 0.1) is 11.8 Å². The maximum absolute atomic E-state index is 13.2. The van der Waals surface area contributed by atoms with Crippen LogP contribution in [0.1, 0.15) is 62.1 Å². The normalized spacial score (nSPS) is 24.3. The lowest BCUT2D eigenvalue weighted by atomic mass is 9.83. The second-order valence-corrected chi connectivity index (χ2v) is 7.47. The van der Waals surface area contributed by atoms with Crippen LogP contribution in [0.25, 0.3) is 0 Å². The minimum atomic E-state index is -0.614. The lowest BCUT2D eigenvalue weighted by Gasteiger charge is -2.24. The predicted octanol–water partition coefficient (Wildman–Crippen LogP) is 3.12. The van der Waals surface area contributed by atoms with Crippen LogP contribution in [-0.2, 0) is 27.2 Å². The molecule has 2 fully saturated rings. The standard InChI is InChI=1S/C21H29NO4/c1-3-14-10-17(26-22)11-15(4-2)19(14)20-18(23)12-16(21(20)24)9-13-5-7-25-8-6-13/h10-11,13,16,20H,3-9,12,22H2,1-2H3. The van der Waals surface area contributed by atoms with Gasteiger partial charge in [0.05, 0.1) is 0 Å². The Hall–Kier alpha value is -1.72. The number of ketones is 2. The molecule has 2 aliphatic rings. The van der Waals surface area contributed by atoms with Gasteiger partial charge in [-0.2, -0.15) is 5.90 Å². The zero-order valence-corrected chi connectivity index (χ0v) is 15.8. The van der Waals surface area contributed by atoms with Gasteiger partial charge >= 0.3 is 0 Å². The van der Waals surface area contributed by atoms with Crippen LogP contribution in [0.4, 0.5) is 0 Å². The first-order chi connectivity index (χ1) is 12.6. The average molecular weight is 359 g/mol. The largest absolute Gasteiger partial charge is 0.412 e. The number of hydrogen-bond donors (Lipinski definition) is 1. The maximum Gasteiger partial charge on any atom is 0.151 e. The fourth-order valence-corrected chi connectivity index (χ4v) is 4.51. The summed E-state index contributed by atoms with van der Waals surface area (Å²) in [7, 11) is 0. The Morgan fingerprint density at radius 3 is 2.27 bits per heavy atom. The van der Waals surface area contributed by atoms with Gasteiger partial charge in [0.25, 0.3) is 0 Å². The zero-order chi connectivity index (χ0) is 18.7. The number of nitrogens with two attached hydrogens (primary N) is 1. The summed E-state index contributed by atoms with van der Waals surface area (Å²) in [4.78, 5) is 30.9. The monoisotopic (exact) mass is 359 g/mol. The molecule has 2 atom stereocenters. The quantitative estimate of drug-likeness (QED) is 0.624. The number of hydrogen-bond acceptors (Lipinski definition) is 5. The molecule has 5 nitrogen and oxygen atoms in total. The molecule has 0 spiro atoms. The highest BCUT2D eigenvalue weighted by atomic mass is 16.6. The van der Waals surface area contributed by atoms with Crippen LogP contribution >= 0.6 is 0 Å². The number of aryl methyl sites for hydroxylation is 2. The number of ether oxygens (including phenoxy) is 1. The number of benzene rings is 1. The van der Waals surface area contributed by atoms with Gasteiger partial charge < -0.3 is 9.57 Å². The summed E-state index contributed by atoms with van der Waals surface area (Å²) in [5, 5.41) is 0. The lowest BCUT2D eigenvalue weighted by molar-refractivity contribution is -0.125. The first-order valence-electron chi connectivity index (χ1n) is 9.75. The Kier molecular flexibility index (Phi) is 6.09. The van der Waals surface area contributed by atoms with Crippen molar-refractivity contribution in [2.45, 2.75) is 58.3 Å². The van der Waals surface area contributed by atoms with E-state index in [4.69, 9.17) is 15.5 Å². The third-order valence-electron chi connectivity index (χ3n) is 5.93. The van der Waals surface area contributed by atoms with Crippen molar-refractivity contribution < 1.29 is 19.2 Å². The van der Waals surface area contributed by atoms with Gasteiger partial charge in [-0.25, -0.2) is 0 Å². The highest BCUT2D eigenvalue weighted by Crippen LogP contribution is 2.41. The molecule has 0 bridgehead atoms. The van der Waals surface area contributed by atoms with E-state index in [-0.39, 0.29) is 17.5 Å². The van der Waals surface area contributed by atoms with E-state index in [1.165, 1.54) is 0 Å². The van der Waals surface area contributed by atoms with Crippen LogP contribution in [0.2, 0.25) is 0 Å². The molecule has 1 aromatic rings. The molecule has 0 radical (unpaired) electrons. The molecular formula is C21H29NO4. The van der Waals surface area contributed by atoms with Crippen LogP contribution < -0.4 is 10.7 Å². The summed E-state index contributed by atoms with van der Waals surface area (Å²) in [6.07, 6.45) is 4.65. The number of carbonyl (C=O) groups excluding carboxylic acids is 2. The second kappa shape index (κ2) is 8.31. The lowest BCUT2D eigenvalue weighted by Crippen LogP contribution is -2.23. The van der Waals surface area contributed by atoms with Gasteiger partial charge in [-0.05, 0) is 66.8 Å². The Morgan fingerprint density at radius 1 is 1.12 bits per heavy atom. The van der Waals surface area contributed by atoms with E-state index in [1.54, 1.807) is 0 Å². The minimum Gasteiger partial charge on any atom is -0.412 e. The van der Waals surface area contributed by atoms with Crippen molar-refractivity contribution in [2.75, 3.05) is 13.2 Å². The Balaban J connectivity index is 1.88. The molecule has 1 aliphatic carbocycles. The molecular weight excluding hydrogens is 330 g/mol. The molecule has 2 unspecified atom stereocenters. The van der Waals surface area contributed by atoms with Gasteiger partial charge in [0.1, 0.15) is 17.5 Å². The van der Waals surface area contributed by atoms with Crippen LogP contribution in [0.15, 0.2) is 12.1 Å². The zero-order valence-electron chi connectivity index (χ0n) is 15.8. The van der Waals surface area contributed by atoms with E-state index in [0.717, 1.165) is 62.0 Å². The van der Waals surface area contributed by atoms with Crippen LogP contribution in [-0.4, -0.2) is 24.8 Å². The molecule has 1 aliphatic heterocycles. The van der Waals surface area contributed by atoms with Crippen molar-refractivity contribution in [3.63, 3.8) is 0 Å². The third-order valence-corrected chi connectivity index (χ3v) is 5.93. The number of Topliss-reactive ketones (excluding diaryl/α,β-unsaturated/α-hetero) is 2. The van der Waals surface area contributed by atoms with Gasteiger partial charge in [0, 0.05) is 25.6 Å². The van der Waals surface area contributed by atoms with Crippen molar-refractivity contribution in [1.82, 2.24) is 0 Å². The van der Waals surface area contributed by atoms with Gasteiger partial charge in [-0.3, -0.25) is 9.59 Å². The van der Waals surface area contributed by atoms with E-state index < -0.39 is 5.92 Å². The average Bonchev–Trinajstić information content (AvgIpc) is 2.94. The molecule has 142 valence electrons. The fraction of sp³-hybridized carbons (Fsp3) is 0.619.